The molecule has 1 rings (SSSR count). The lowest BCUT2D eigenvalue weighted by molar-refractivity contribution is 0.00987. The van der Waals surface area contributed by atoms with Crippen LogP contribution in [-0.2, 0) is 14.8 Å². The van der Waals surface area contributed by atoms with Gasteiger partial charge >= 0.3 is 0 Å². The van der Waals surface area contributed by atoms with E-state index >= 15 is 0 Å². The first-order valence-corrected chi connectivity index (χ1v) is 6.83. The Labute approximate surface area is 91.6 Å². The van der Waals surface area contributed by atoms with Crippen LogP contribution in [0.15, 0.2) is 0 Å². The second-order valence-corrected chi connectivity index (χ2v) is 6.06. The number of sulfonamides is 1. The van der Waals surface area contributed by atoms with Crippen LogP contribution >= 0.6 is 0 Å². The van der Waals surface area contributed by atoms with Gasteiger partial charge in [0.25, 0.3) is 0 Å². The van der Waals surface area contributed by atoms with Gasteiger partial charge in [0.05, 0.1) is 18.0 Å². The van der Waals surface area contributed by atoms with Crippen molar-refractivity contribution in [3.8, 4) is 0 Å². The van der Waals surface area contributed by atoms with Crippen LogP contribution in [0.5, 0.6) is 0 Å². The third-order valence-electron chi connectivity index (χ3n) is 2.70. The minimum Gasteiger partial charge on any atom is -0.376 e. The van der Waals surface area contributed by atoms with Crippen molar-refractivity contribution in [2.75, 3.05) is 26.2 Å². The lowest BCUT2D eigenvalue weighted by atomic mass is 10.3. The Morgan fingerprint density at radius 3 is 2.73 bits per heavy atom. The maximum Gasteiger partial charge on any atom is 0.218 e. The largest absolute Gasteiger partial charge is 0.376 e. The highest BCUT2D eigenvalue weighted by Gasteiger charge is 2.32. The van der Waals surface area contributed by atoms with Crippen molar-refractivity contribution in [3.05, 3.63) is 0 Å². The molecule has 0 aliphatic carbocycles. The molecular weight excluding hydrogens is 216 g/mol. The fraction of sp³-hybridized carbons (Fsp3) is 1.00. The zero-order valence-corrected chi connectivity index (χ0v) is 10.2. The first-order chi connectivity index (χ1) is 7.02. The molecule has 2 atom stereocenters. The number of nitrogens with zero attached hydrogens (tertiary/aromatic N) is 1. The molecule has 0 aromatic carbocycles. The van der Waals surface area contributed by atoms with Crippen LogP contribution in [0, 0.1) is 0 Å². The summed E-state index contributed by atoms with van der Waals surface area (Å²) in [4.78, 5) is 0. The Kier molecular flexibility index (Phi) is 4.51. The number of nitrogens with two attached hydrogens (primary N) is 1. The Morgan fingerprint density at radius 1 is 1.60 bits per heavy atom. The minimum absolute atomic E-state index is 0.0243. The van der Waals surface area contributed by atoms with E-state index in [0.717, 1.165) is 0 Å². The molecule has 0 spiro atoms. The summed E-state index contributed by atoms with van der Waals surface area (Å²) in [5.74, 6) is 0. The van der Waals surface area contributed by atoms with Crippen LogP contribution in [0.2, 0.25) is 0 Å². The first-order valence-electron chi connectivity index (χ1n) is 5.33. The molecule has 1 aliphatic rings. The van der Waals surface area contributed by atoms with Gasteiger partial charge in [-0.15, -0.1) is 0 Å². The Morgan fingerprint density at radius 2 is 2.27 bits per heavy atom. The summed E-state index contributed by atoms with van der Waals surface area (Å²) in [6.45, 7) is 5.28. The Bertz CT molecular complexity index is 288. The molecule has 0 radical (unpaired) electrons. The van der Waals surface area contributed by atoms with Gasteiger partial charge in [-0.05, 0) is 13.3 Å². The van der Waals surface area contributed by atoms with Crippen LogP contribution < -0.4 is 5.73 Å². The van der Waals surface area contributed by atoms with E-state index in [1.165, 1.54) is 4.31 Å². The number of morpholine rings is 1. The van der Waals surface area contributed by atoms with Gasteiger partial charge in [-0.3, -0.25) is 0 Å². The number of hydrogen-bond donors (Lipinski definition) is 1. The first kappa shape index (κ1) is 12.9. The topological polar surface area (TPSA) is 72.6 Å². The molecule has 0 saturated carbocycles. The highest BCUT2D eigenvalue weighted by molar-refractivity contribution is 7.89. The molecule has 0 aromatic rings. The van der Waals surface area contributed by atoms with E-state index in [-0.39, 0.29) is 12.6 Å². The van der Waals surface area contributed by atoms with Crippen LogP contribution in [-0.4, -0.2) is 50.3 Å². The van der Waals surface area contributed by atoms with Crippen molar-refractivity contribution in [1.29, 1.82) is 0 Å². The average Bonchev–Trinajstić information content (AvgIpc) is 2.19. The highest BCUT2D eigenvalue weighted by Crippen LogP contribution is 2.15. The summed E-state index contributed by atoms with van der Waals surface area (Å²) >= 11 is 0. The van der Waals surface area contributed by atoms with Gasteiger partial charge in [0.2, 0.25) is 10.0 Å². The summed E-state index contributed by atoms with van der Waals surface area (Å²) in [5, 5.41) is -0.456. The maximum atomic E-state index is 12.1. The molecule has 0 amide bonds. The third kappa shape index (κ3) is 2.90. The molecule has 1 aliphatic heterocycles. The smallest absolute Gasteiger partial charge is 0.218 e. The zero-order chi connectivity index (χ0) is 11.5. The maximum absolute atomic E-state index is 12.1. The SMILES string of the molecule is CCC(CN)S(=O)(=O)N1CCOC(C)C1. The van der Waals surface area contributed by atoms with Gasteiger partial charge in [-0.1, -0.05) is 6.92 Å². The van der Waals surface area contributed by atoms with E-state index in [0.29, 0.717) is 26.1 Å². The summed E-state index contributed by atoms with van der Waals surface area (Å²) in [5.41, 5.74) is 5.47. The average molecular weight is 236 g/mol. The van der Waals surface area contributed by atoms with Crippen LogP contribution in [0.1, 0.15) is 20.3 Å². The number of hydrogen-bond acceptors (Lipinski definition) is 4. The van der Waals surface area contributed by atoms with E-state index in [4.69, 9.17) is 10.5 Å². The summed E-state index contributed by atoms with van der Waals surface area (Å²) in [6, 6.07) is 0. The standard InChI is InChI=1S/C9H20N2O3S/c1-3-9(6-10)15(12,13)11-4-5-14-8(2)7-11/h8-9H,3-7,10H2,1-2H3. The summed E-state index contributed by atoms with van der Waals surface area (Å²) in [7, 11) is -3.23. The van der Waals surface area contributed by atoms with Crippen LogP contribution in [0.3, 0.4) is 0 Å². The Balaban J connectivity index is 2.75. The van der Waals surface area contributed by atoms with Crippen LogP contribution in [0.25, 0.3) is 0 Å². The second-order valence-electron chi connectivity index (χ2n) is 3.85. The van der Waals surface area contributed by atoms with Crippen molar-refractivity contribution in [1.82, 2.24) is 4.31 Å². The third-order valence-corrected chi connectivity index (χ3v) is 5.12. The van der Waals surface area contributed by atoms with E-state index in [9.17, 15) is 8.42 Å². The molecular formula is C9H20N2O3S. The lowest BCUT2D eigenvalue weighted by Crippen LogP contribution is -2.49. The van der Waals surface area contributed by atoms with Crippen molar-refractivity contribution in [2.24, 2.45) is 5.73 Å². The molecule has 0 bridgehead atoms. The summed E-state index contributed by atoms with van der Waals surface area (Å²) in [6.07, 6.45) is 0.536. The lowest BCUT2D eigenvalue weighted by Gasteiger charge is -2.32. The number of rotatable bonds is 4. The second kappa shape index (κ2) is 5.25. The predicted octanol–water partition coefficient (Wildman–Crippen LogP) is -0.226. The van der Waals surface area contributed by atoms with E-state index in [1.54, 1.807) is 0 Å². The van der Waals surface area contributed by atoms with Gasteiger partial charge in [0.1, 0.15) is 0 Å². The van der Waals surface area contributed by atoms with Gasteiger partial charge < -0.3 is 10.5 Å². The molecule has 1 fully saturated rings. The molecule has 1 saturated heterocycles. The predicted molar refractivity (Wildman–Crippen MR) is 59.0 cm³/mol. The van der Waals surface area contributed by atoms with Gasteiger partial charge in [-0.25, -0.2) is 8.42 Å². The Hall–Kier alpha value is -0.170. The minimum atomic E-state index is -3.23. The summed E-state index contributed by atoms with van der Waals surface area (Å²) < 4.78 is 31.0. The zero-order valence-electron chi connectivity index (χ0n) is 9.35. The number of ether oxygens (including phenoxy) is 1. The monoisotopic (exact) mass is 236 g/mol. The van der Waals surface area contributed by atoms with E-state index < -0.39 is 15.3 Å². The van der Waals surface area contributed by atoms with Crippen molar-refractivity contribution in [3.63, 3.8) is 0 Å². The van der Waals surface area contributed by atoms with Crippen molar-refractivity contribution >= 4 is 10.0 Å². The fourth-order valence-electron chi connectivity index (χ4n) is 1.73. The van der Waals surface area contributed by atoms with Crippen molar-refractivity contribution < 1.29 is 13.2 Å². The van der Waals surface area contributed by atoms with Gasteiger partial charge in [0, 0.05) is 19.6 Å². The van der Waals surface area contributed by atoms with E-state index in [1.807, 2.05) is 13.8 Å². The normalized spacial score (nSPS) is 26.5. The highest BCUT2D eigenvalue weighted by atomic mass is 32.2. The van der Waals surface area contributed by atoms with Gasteiger partial charge in [-0.2, -0.15) is 4.31 Å². The molecule has 2 unspecified atom stereocenters. The fourth-order valence-corrected chi connectivity index (χ4v) is 3.56. The molecule has 1 heterocycles. The molecule has 15 heavy (non-hydrogen) atoms. The molecule has 5 nitrogen and oxygen atoms in total. The van der Waals surface area contributed by atoms with Crippen molar-refractivity contribution in [2.45, 2.75) is 31.6 Å². The van der Waals surface area contributed by atoms with Gasteiger partial charge in [0.15, 0.2) is 0 Å². The molecule has 90 valence electrons. The molecule has 6 heteroatoms. The molecule has 0 aromatic heterocycles. The molecule has 2 N–H and O–H groups in total. The van der Waals surface area contributed by atoms with E-state index in [2.05, 4.69) is 0 Å². The quantitative estimate of drug-likeness (QED) is 0.732. The van der Waals surface area contributed by atoms with Crippen LogP contribution in [0.4, 0.5) is 0 Å².